The van der Waals surface area contributed by atoms with Crippen molar-refractivity contribution in [3.05, 3.63) is 53.9 Å². The molecule has 5 heteroatoms. The minimum Gasteiger partial charge on any atom is -0.465 e. The molecule has 1 heterocycles. The molecule has 0 radical (unpaired) electrons. The Bertz CT molecular complexity index is 540. The fraction of sp³-hybridized carbons (Fsp3) is 0.214. The van der Waals surface area contributed by atoms with Gasteiger partial charge >= 0.3 is 5.97 Å². The van der Waals surface area contributed by atoms with Crippen LogP contribution in [-0.2, 0) is 4.74 Å². The Hall–Kier alpha value is -2.43. The van der Waals surface area contributed by atoms with Gasteiger partial charge < -0.3 is 10.1 Å². The first-order valence-corrected chi connectivity index (χ1v) is 5.92. The highest BCUT2D eigenvalue weighted by molar-refractivity contribution is 5.88. The number of aromatic nitrogens is 2. The van der Waals surface area contributed by atoms with Gasteiger partial charge in [-0.15, -0.1) is 0 Å². The zero-order chi connectivity index (χ0) is 13.7. The summed E-state index contributed by atoms with van der Waals surface area (Å²) in [7, 11) is 1.33. The summed E-state index contributed by atoms with van der Waals surface area (Å²) in [5.41, 5.74) is 1.48. The third-order valence-electron chi connectivity index (χ3n) is 2.72. The molecular formula is C14H15N3O2. The molecule has 1 aromatic carbocycles. The van der Waals surface area contributed by atoms with Crippen molar-refractivity contribution >= 4 is 11.9 Å². The van der Waals surface area contributed by atoms with Crippen LogP contribution >= 0.6 is 0 Å². The molecule has 0 saturated carbocycles. The SMILES string of the molecule is COC(=O)c1cnc(N[C@@H](C)c2ccccc2)nc1. The number of benzene rings is 1. The Morgan fingerprint density at radius 3 is 2.42 bits per heavy atom. The topological polar surface area (TPSA) is 64.1 Å². The molecular weight excluding hydrogens is 242 g/mol. The lowest BCUT2D eigenvalue weighted by Gasteiger charge is -2.13. The van der Waals surface area contributed by atoms with Crippen molar-refractivity contribution in [2.45, 2.75) is 13.0 Å². The van der Waals surface area contributed by atoms with Gasteiger partial charge in [0.25, 0.3) is 0 Å². The summed E-state index contributed by atoms with van der Waals surface area (Å²) >= 11 is 0. The van der Waals surface area contributed by atoms with E-state index in [1.54, 1.807) is 0 Å². The van der Waals surface area contributed by atoms with Crippen molar-refractivity contribution in [3.63, 3.8) is 0 Å². The van der Waals surface area contributed by atoms with E-state index < -0.39 is 5.97 Å². The van der Waals surface area contributed by atoms with E-state index in [1.807, 2.05) is 37.3 Å². The molecule has 19 heavy (non-hydrogen) atoms. The summed E-state index contributed by atoms with van der Waals surface area (Å²) in [6.07, 6.45) is 2.89. The van der Waals surface area contributed by atoms with Crippen molar-refractivity contribution in [1.82, 2.24) is 9.97 Å². The lowest BCUT2D eigenvalue weighted by molar-refractivity contribution is 0.0600. The first-order chi connectivity index (χ1) is 9.20. The maximum Gasteiger partial charge on any atom is 0.341 e. The van der Waals surface area contributed by atoms with E-state index in [1.165, 1.54) is 19.5 Å². The molecule has 0 bridgehead atoms. The lowest BCUT2D eigenvalue weighted by Crippen LogP contribution is -2.10. The molecule has 1 N–H and O–H groups in total. The normalized spacial score (nSPS) is 11.7. The second-order valence-corrected chi connectivity index (χ2v) is 4.06. The Labute approximate surface area is 111 Å². The predicted molar refractivity (Wildman–Crippen MR) is 71.9 cm³/mol. The molecule has 0 aliphatic rings. The van der Waals surface area contributed by atoms with Crippen molar-refractivity contribution in [2.75, 3.05) is 12.4 Å². The number of nitrogens with one attached hydrogen (secondary N) is 1. The minimum absolute atomic E-state index is 0.0881. The van der Waals surface area contributed by atoms with Crippen LogP contribution in [0, 0.1) is 0 Å². The van der Waals surface area contributed by atoms with Gasteiger partial charge in [-0.25, -0.2) is 14.8 Å². The molecule has 0 amide bonds. The number of nitrogens with zero attached hydrogens (tertiary/aromatic N) is 2. The van der Waals surface area contributed by atoms with Gasteiger partial charge in [0.15, 0.2) is 0 Å². The van der Waals surface area contributed by atoms with Crippen LogP contribution in [0.25, 0.3) is 0 Å². The summed E-state index contributed by atoms with van der Waals surface area (Å²) in [4.78, 5) is 19.4. The van der Waals surface area contributed by atoms with Crippen LogP contribution in [0.5, 0.6) is 0 Å². The fourth-order valence-corrected chi connectivity index (χ4v) is 1.64. The molecule has 0 saturated heterocycles. The number of rotatable bonds is 4. The van der Waals surface area contributed by atoms with E-state index in [9.17, 15) is 4.79 Å². The second kappa shape index (κ2) is 5.95. The number of anilines is 1. The van der Waals surface area contributed by atoms with Crippen molar-refractivity contribution in [1.29, 1.82) is 0 Å². The van der Waals surface area contributed by atoms with Gasteiger partial charge in [-0.1, -0.05) is 30.3 Å². The monoisotopic (exact) mass is 257 g/mol. The molecule has 98 valence electrons. The Morgan fingerprint density at radius 2 is 1.84 bits per heavy atom. The van der Waals surface area contributed by atoms with Crippen LogP contribution in [0.3, 0.4) is 0 Å². The van der Waals surface area contributed by atoms with Crippen LogP contribution < -0.4 is 5.32 Å². The number of hydrogen-bond acceptors (Lipinski definition) is 5. The molecule has 0 aliphatic carbocycles. The van der Waals surface area contributed by atoms with Gasteiger partial charge in [-0.2, -0.15) is 0 Å². The average molecular weight is 257 g/mol. The summed E-state index contributed by atoms with van der Waals surface area (Å²) in [6.45, 7) is 2.02. The van der Waals surface area contributed by atoms with Crippen LogP contribution in [0.4, 0.5) is 5.95 Å². The number of hydrogen-bond donors (Lipinski definition) is 1. The number of carbonyl (C=O) groups is 1. The van der Waals surface area contributed by atoms with Gasteiger partial charge in [-0.05, 0) is 12.5 Å². The van der Waals surface area contributed by atoms with E-state index in [2.05, 4.69) is 20.0 Å². The molecule has 0 spiro atoms. The highest BCUT2D eigenvalue weighted by Gasteiger charge is 2.09. The Balaban J connectivity index is 2.06. The largest absolute Gasteiger partial charge is 0.465 e. The molecule has 0 fully saturated rings. The van der Waals surface area contributed by atoms with E-state index in [-0.39, 0.29) is 6.04 Å². The molecule has 1 aromatic heterocycles. The van der Waals surface area contributed by atoms with E-state index in [0.717, 1.165) is 5.56 Å². The zero-order valence-electron chi connectivity index (χ0n) is 10.8. The van der Waals surface area contributed by atoms with Crippen molar-refractivity contribution < 1.29 is 9.53 Å². The van der Waals surface area contributed by atoms with Crippen LogP contribution in [0.2, 0.25) is 0 Å². The molecule has 0 unspecified atom stereocenters. The quantitative estimate of drug-likeness (QED) is 0.852. The third kappa shape index (κ3) is 3.28. The molecule has 2 rings (SSSR count). The van der Waals surface area contributed by atoms with Gasteiger partial charge in [-0.3, -0.25) is 0 Å². The highest BCUT2D eigenvalue weighted by Crippen LogP contribution is 2.15. The number of esters is 1. The zero-order valence-corrected chi connectivity index (χ0v) is 10.8. The van der Waals surface area contributed by atoms with E-state index in [0.29, 0.717) is 11.5 Å². The van der Waals surface area contributed by atoms with Gasteiger partial charge in [0.05, 0.1) is 18.7 Å². The first kappa shape index (κ1) is 13.0. The van der Waals surface area contributed by atoms with Crippen molar-refractivity contribution in [3.8, 4) is 0 Å². The Morgan fingerprint density at radius 1 is 1.21 bits per heavy atom. The molecule has 0 aliphatic heterocycles. The first-order valence-electron chi connectivity index (χ1n) is 5.92. The fourth-order valence-electron chi connectivity index (χ4n) is 1.64. The molecule has 5 nitrogen and oxygen atoms in total. The summed E-state index contributed by atoms with van der Waals surface area (Å²) < 4.78 is 4.59. The van der Waals surface area contributed by atoms with Gasteiger partial charge in [0, 0.05) is 12.4 Å². The van der Waals surface area contributed by atoms with Crippen LogP contribution in [0.1, 0.15) is 28.9 Å². The van der Waals surface area contributed by atoms with Gasteiger partial charge in [0.2, 0.25) is 5.95 Å². The smallest absolute Gasteiger partial charge is 0.341 e. The molecule has 2 aromatic rings. The average Bonchev–Trinajstić information content (AvgIpc) is 2.48. The highest BCUT2D eigenvalue weighted by atomic mass is 16.5. The van der Waals surface area contributed by atoms with Gasteiger partial charge in [0.1, 0.15) is 0 Å². The number of ether oxygens (including phenoxy) is 1. The number of methoxy groups -OCH3 is 1. The second-order valence-electron chi connectivity index (χ2n) is 4.06. The number of carbonyl (C=O) groups excluding carboxylic acids is 1. The standard InChI is InChI=1S/C14H15N3O2/c1-10(11-6-4-3-5-7-11)17-14-15-8-12(9-16-14)13(18)19-2/h3-10H,1-2H3,(H,15,16,17)/t10-/m0/s1. The summed E-state index contributed by atoms with van der Waals surface area (Å²) in [5.74, 6) is 0.0339. The van der Waals surface area contributed by atoms with E-state index in [4.69, 9.17) is 0 Å². The van der Waals surface area contributed by atoms with Crippen molar-refractivity contribution in [2.24, 2.45) is 0 Å². The lowest BCUT2D eigenvalue weighted by atomic mass is 10.1. The predicted octanol–water partition coefficient (Wildman–Crippen LogP) is 2.44. The maximum atomic E-state index is 11.2. The van der Waals surface area contributed by atoms with E-state index >= 15 is 0 Å². The summed E-state index contributed by atoms with van der Waals surface area (Å²) in [5, 5.41) is 3.17. The van der Waals surface area contributed by atoms with Crippen LogP contribution in [-0.4, -0.2) is 23.0 Å². The minimum atomic E-state index is -0.442. The third-order valence-corrected chi connectivity index (χ3v) is 2.72. The Kier molecular flexibility index (Phi) is 4.07. The molecule has 1 atom stereocenters. The maximum absolute atomic E-state index is 11.2. The summed E-state index contributed by atoms with van der Waals surface area (Å²) in [6, 6.07) is 10.1. The van der Waals surface area contributed by atoms with Crippen LogP contribution in [0.15, 0.2) is 42.7 Å².